The number of likely N-dealkylation sites (tertiary alicyclic amines) is 1. The number of hydrogen-bond donors (Lipinski definition) is 1. The van der Waals surface area contributed by atoms with Crippen molar-refractivity contribution in [3.63, 3.8) is 0 Å². The molecule has 160 valence electrons. The van der Waals surface area contributed by atoms with Crippen molar-refractivity contribution >= 4 is 22.0 Å². The number of rotatable bonds is 5. The Hall–Kier alpha value is -2.13. The number of esters is 1. The van der Waals surface area contributed by atoms with Gasteiger partial charge in [-0.15, -0.1) is 0 Å². The summed E-state index contributed by atoms with van der Waals surface area (Å²) >= 11 is 0. The number of nitrogens with one attached hydrogen (secondary N) is 1. The summed E-state index contributed by atoms with van der Waals surface area (Å²) in [5.74, 6) is 0.562. The molecule has 29 heavy (non-hydrogen) atoms. The third kappa shape index (κ3) is 4.72. The average Bonchev–Trinajstić information content (AvgIpc) is 3.39. The minimum Gasteiger partial charge on any atom is -0.469 e. The Morgan fingerprint density at radius 2 is 1.86 bits per heavy atom. The SMILES string of the molecule is CN=C(NCc1ccc(S(=O)(=O)N2CCCC2)cc1)N1CC(C)C(C(=O)OC)C1. The quantitative estimate of drug-likeness (QED) is 0.437. The van der Waals surface area contributed by atoms with E-state index in [-0.39, 0.29) is 17.8 Å². The molecule has 0 amide bonds. The van der Waals surface area contributed by atoms with E-state index in [1.54, 1.807) is 23.5 Å². The second kappa shape index (κ2) is 9.13. The largest absolute Gasteiger partial charge is 0.469 e. The van der Waals surface area contributed by atoms with Gasteiger partial charge in [-0.3, -0.25) is 9.79 Å². The molecule has 2 atom stereocenters. The second-order valence-electron chi connectivity index (χ2n) is 7.67. The van der Waals surface area contributed by atoms with E-state index >= 15 is 0 Å². The molecule has 0 aromatic heterocycles. The summed E-state index contributed by atoms with van der Waals surface area (Å²) in [4.78, 5) is 18.6. The number of hydrogen-bond acceptors (Lipinski definition) is 5. The molecule has 1 N–H and O–H groups in total. The van der Waals surface area contributed by atoms with Gasteiger partial charge in [-0.25, -0.2) is 8.42 Å². The molecule has 0 radical (unpaired) electrons. The number of benzene rings is 1. The summed E-state index contributed by atoms with van der Waals surface area (Å²) in [6, 6.07) is 6.98. The Bertz CT molecular complexity index is 848. The first-order valence-electron chi connectivity index (χ1n) is 9.99. The maximum atomic E-state index is 12.6. The van der Waals surface area contributed by atoms with E-state index in [0.717, 1.165) is 30.9 Å². The van der Waals surface area contributed by atoms with Crippen molar-refractivity contribution in [1.29, 1.82) is 0 Å². The third-order valence-electron chi connectivity index (χ3n) is 5.70. The predicted octanol–water partition coefficient (Wildman–Crippen LogP) is 1.29. The van der Waals surface area contributed by atoms with Gasteiger partial charge in [-0.05, 0) is 36.5 Å². The first kappa shape index (κ1) is 21.6. The van der Waals surface area contributed by atoms with E-state index < -0.39 is 10.0 Å². The summed E-state index contributed by atoms with van der Waals surface area (Å²) in [5, 5.41) is 3.30. The van der Waals surface area contributed by atoms with Crippen molar-refractivity contribution in [3.8, 4) is 0 Å². The van der Waals surface area contributed by atoms with Gasteiger partial charge in [-0.2, -0.15) is 4.31 Å². The Kier molecular flexibility index (Phi) is 6.79. The first-order chi connectivity index (χ1) is 13.9. The highest BCUT2D eigenvalue weighted by Gasteiger charge is 2.36. The lowest BCUT2D eigenvalue weighted by molar-refractivity contribution is -0.145. The van der Waals surface area contributed by atoms with Crippen molar-refractivity contribution in [2.45, 2.75) is 31.2 Å². The molecule has 1 aromatic rings. The number of carbonyl (C=O) groups excluding carboxylic acids is 1. The molecule has 2 unspecified atom stereocenters. The Balaban J connectivity index is 1.60. The van der Waals surface area contributed by atoms with Crippen LogP contribution < -0.4 is 5.32 Å². The highest BCUT2D eigenvalue weighted by atomic mass is 32.2. The van der Waals surface area contributed by atoms with Crippen LogP contribution in [0.2, 0.25) is 0 Å². The van der Waals surface area contributed by atoms with Crippen molar-refractivity contribution in [2.24, 2.45) is 16.8 Å². The Morgan fingerprint density at radius 3 is 2.45 bits per heavy atom. The lowest BCUT2D eigenvalue weighted by atomic mass is 9.99. The maximum Gasteiger partial charge on any atom is 0.310 e. The molecular formula is C20H30N4O4S. The van der Waals surface area contributed by atoms with E-state index in [2.05, 4.69) is 15.2 Å². The van der Waals surface area contributed by atoms with E-state index in [1.165, 1.54) is 7.11 Å². The zero-order chi connectivity index (χ0) is 21.0. The first-order valence-corrected chi connectivity index (χ1v) is 11.4. The number of methoxy groups -OCH3 is 1. The lowest BCUT2D eigenvalue weighted by Crippen LogP contribution is -2.40. The van der Waals surface area contributed by atoms with Crippen LogP contribution in [0.5, 0.6) is 0 Å². The molecule has 3 rings (SSSR count). The Labute approximate surface area is 173 Å². The Morgan fingerprint density at radius 1 is 1.21 bits per heavy atom. The fourth-order valence-corrected chi connectivity index (χ4v) is 5.49. The summed E-state index contributed by atoms with van der Waals surface area (Å²) in [6.07, 6.45) is 1.85. The number of guanidine groups is 1. The fourth-order valence-electron chi connectivity index (χ4n) is 3.97. The fraction of sp³-hybridized carbons (Fsp3) is 0.600. The van der Waals surface area contributed by atoms with Gasteiger partial charge in [0.25, 0.3) is 0 Å². The maximum absolute atomic E-state index is 12.6. The summed E-state index contributed by atoms with van der Waals surface area (Å²) in [5.41, 5.74) is 0.961. The molecule has 2 aliphatic rings. The van der Waals surface area contributed by atoms with Gasteiger partial charge in [0.1, 0.15) is 0 Å². The molecule has 0 spiro atoms. The summed E-state index contributed by atoms with van der Waals surface area (Å²) in [7, 11) is -0.263. The number of nitrogens with zero attached hydrogens (tertiary/aromatic N) is 3. The van der Waals surface area contributed by atoms with Crippen molar-refractivity contribution in [3.05, 3.63) is 29.8 Å². The van der Waals surface area contributed by atoms with Crippen LogP contribution >= 0.6 is 0 Å². The highest BCUT2D eigenvalue weighted by Crippen LogP contribution is 2.24. The van der Waals surface area contributed by atoms with Gasteiger partial charge in [-0.1, -0.05) is 19.1 Å². The van der Waals surface area contributed by atoms with Gasteiger partial charge in [0, 0.05) is 39.8 Å². The van der Waals surface area contributed by atoms with Gasteiger partial charge in [0.15, 0.2) is 5.96 Å². The number of aliphatic imine (C=N–C) groups is 1. The minimum absolute atomic E-state index is 0.159. The normalized spacial score (nSPS) is 23.4. The molecule has 2 saturated heterocycles. The number of ether oxygens (including phenoxy) is 1. The van der Waals surface area contributed by atoms with Crippen molar-refractivity contribution in [1.82, 2.24) is 14.5 Å². The lowest BCUT2D eigenvalue weighted by Gasteiger charge is -2.21. The van der Waals surface area contributed by atoms with E-state index in [0.29, 0.717) is 31.1 Å². The van der Waals surface area contributed by atoms with Crippen LogP contribution in [0.4, 0.5) is 0 Å². The van der Waals surface area contributed by atoms with Crippen LogP contribution in [0.1, 0.15) is 25.3 Å². The van der Waals surface area contributed by atoms with Gasteiger partial charge in [0.2, 0.25) is 10.0 Å². The van der Waals surface area contributed by atoms with E-state index in [4.69, 9.17) is 4.74 Å². The monoisotopic (exact) mass is 422 g/mol. The topological polar surface area (TPSA) is 91.3 Å². The van der Waals surface area contributed by atoms with Gasteiger partial charge in [0.05, 0.1) is 17.9 Å². The second-order valence-corrected chi connectivity index (χ2v) is 9.61. The molecule has 2 aliphatic heterocycles. The van der Waals surface area contributed by atoms with Crippen LogP contribution in [0.3, 0.4) is 0 Å². The average molecular weight is 423 g/mol. The minimum atomic E-state index is -3.39. The van der Waals surface area contributed by atoms with E-state index in [9.17, 15) is 13.2 Å². The molecule has 9 heteroatoms. The number of carbonyl (C=O) groups is 1. The van der Waals surface area contributed by atoms with Crippen LogP contribution in [-0.2, 0) is 26.1 Å². The third-order valence-corrected chi connectivity index (χ3v) is 7.62. The van der Waals surface area contributed by atoms with Crippen LogP contribution in [-0.4, -0.2) is 69.9 Å². The molecule has 2 fully saturated rings. The van der Waals surface area contributed by atoms with Crippen LogP contribution in [0, 0.1) is 11.8 Å². The van der Waals surface area contributed by atoms with Crippen LogP contribution in [0.15, 0.2) is 34.2 Å². The number of sulfonamides is 1. The zero-order valence-electron chi connectivity index (χ0n) is 17.3. The predicted molar refractivity (Wildman–Crippen MR) is 111 cm³/mol. The van der Waals surface area contributed by atoms with Crippen LogP contribution in [0.25, 0.3) is 0 Å². The van der Waals surface area contributed by atoms with Crippen molar-refractivity contribution in [2.75, 3.05) is 40.3 Å². The molecular weight excluding hydrogens is 392 g/mol. The molecule has 2 heterocycles. The summed E-state index contributed by atoms with van der Waals surface area (Å²) < 4.78 is 31.7. The van der Waals surface area contributed by atoms with E-state index in [1.807, 2.05) is 19.1 Å². The molecule has 0 saturated carbocycles. The standard InChI is InChI=1S/C20H30N4O4S/c1-15-13-23(14-18(15)19(25)28-3)20(21-2)22-12-16-6-8-17(9-7-16)29(26,27)24-10-4-5-11-24/h6-9,15,18H,4-5,10-14H2,1-3H3,(H,21,22). The van der Waals surface area contributed by atoms with Gasteiger partial charge >= 0.3 is 5.97 Å². The summed E-state index contributed by atoms with van der Waals surface area (Å²) in [6.45, 7) is 5.05. The molecule has 1 aromatic carbocycles. The van der Waals surface area contributed by atoms with Crippen molar-refractivity contribution < 1.29 is 17.9 Å². The van der Waals surface area contributed by atoms with Gasteiger partial charge < -0.3 is 15.0 Å². The smallest absolute Gasteiger partial charge is 0.310 e. The highest BCUT2D eigenvalue weighted by molar-refractivity contribution is 7.89. The molecule has 0 bridgehead atoms. The zero-order valence-corrected chi connectivity index (χ0v) is 18.1. The molecule has 0 aliphatic carbocycles. The molecule has 8 nitrogen and oxygen atoms in total.